The van der Waals surface area contributed by atoms with Crippen molar-refractivity contribution >= 4 is 23.1 Å². The molecule has 0 atom stereocenters. The van der Waals surface area contributed by atoms with Crippen molar-refractivity contribution in [1.29, 1.82) is 0 Å². The Morgan fingerprint density at radius 3 is 2.57 bits per heavy atom. The first-order valence-electron chi connectivity index (χ1n) is 6.27. The zero-order valence-corrected chi connectivity index (χ0v) is 12.0. The molecule has 0 aliphatic heterocycles. The highest BCUT2D eigenvalue weighted by Crippen LogP contribution is 2.33. The number of nitrogens with zero attached hydrogens (tertiary/aromatic N) is 1. The average Bonchev–Trinajstić information content (AvgIpc) is 2.49. The molecule has 5 nitrogen and oxygen atoms in total. The van der Waals surface area contributed by atoms with Crippen LogP contribution in [0.1, 0.15) is 23.7 Å². The third-order valence-corrected chi connectivity index (χ3v) is 3.15. The van der Waals surface area contributed by atoms with Crippen molar-refractivity contribution in [2.24, 2.45) is 0 Å². The predicted molar refractivity (Wildman–Crippen MR) is 79.2 cm³/mol. The van der Waals surface area contributed by atoms with Crippen LogP contribution in [0.4, 0.5) is 5.69 Å². The van der Waals surface area contributed by atoms with Gasteiger partial charge >= 0.3 is 0 Å². The van der Waals surface area contributed by atoms with E-state index in [1.807, 2.05) is 0 Å². The number of halogens is 1. The van der Waals surface area contributed by atoms with Gasteiger partial charge in [0.25, 0.3) is 5.69 Å². The minimum absolute atomic E-state index is 0.0522. The second-order valence-electron chi connectivity index (χ2n) is 4.25. The monoisotopic (exact) mass is 305 g/mol. The van der Waals surface area contributed by atoms with E-state index in [-0.39, 0.29) is 22.2 Å². The number of Topliss-reactive ketones (excluding diaryl/α,β-unsaturated/α-hetero) is 1. The number of non-ortho nitro benzene ring substituents is 1. The predicted octanol–water partition coefficient (Wildman–Crippen LogP) is 4.63. The molecule has 2 rings (SSSR count). The first-order chi connectivity index (χ1) is 10.0. The number of ether oxygens (including phenoxy) is 1. The van der Waals surface area contributed by atoms with Gasteiger partial charge in [0.1, 0.15) is 11.5 Å². The molecule has 0 fully saturated rings. The molecular formula is C15H12ClNO4. The van der Waals surface area contributed by atoms with Gasteiger partial charge in [-0.05, 0) is 18.2 Å². The van der Waals surface area contributed by atoms with Crippen molar-refractivity contribution in [2.75, 3.05) is 0 Å². The van der Waals surface area contributed by atoms with E-state index in [9.17, 15) is 14.9 Å². The van der Waals surface area contributed by atoms with Gasteiger partial charge in [0.2, 0.25) is 0 Å². The summed E-state index contributed by atoms with van der Waals surface area (Å²) >= 11 is 5.97. The van der Waals surface area contributed by atoms with E-state index in [2.05, 4.69) is 0 Å². The molecule has 108 valence electrons. The number of ketones is 1. The van der Waals surface area contributed by atoms with E-state index in [4.69, 9.17) is 16.3 Å². The van der Waals surface area contributed by atoms with E-state index < -0.39 is 4.92 Å². The molecule has 0 saturated heterocycles. The van der Waals surface area contributed by atoms with Crippen LogP contribution in [0.25, 0.3) is 0 Å². The van der Waals surface area contributed by atoms with Crippen molar-refractivity contribution in [3.8, 4) is 11.5 Å². The molecule has 0 aliphatic rings. The van der Waals surface area contributed by atoms with Crippen molar-refractivity contribution in [2.45, 2.75) is 13.3 Å². The van der Waals surface area contributed by atoms with Crippen molar-refractivity contribution in [3.63, 3.8) is 0 Å². The molecular weight excluding hydrogens is 294 g/mol. The third-order valence-electron chi connectivity index (χ3n) is 2.85. The Morgan fingerprint density at radius 1 is 1.24 bits per heavy atom. The summed E-state index contributed by atoms with van der Waals surface area (Å²) < 4.78 is 5.62. The molecule has 0 unspecified atom stereocenters. The zero-order chi connectivity index (χ0) is 15.4. The number of rotatable bonds is 5. The summed E-state index contributed by atoms with van der Waals surface area (Å²) in [5.74, 6) is 0.586. The highest BCUT2D eigenvalue weighted by Gasteiger charge is 2.14. The van der Waals surface area contributed by atoms with Crippen LogP contribution in [0.15, 0.2) is 42.5 Å². The number of para-hydroxylation sites is 1. The lowest BCUT2D eigenvalue weighted by Gasteiger charge is -2.11. The molecule has 0 saturated carbocycles. The van der Waals surface area contributed by atoms with E-state index in [0.717, 1.165) is 0 Å². The Morgan fingerprint density at radius 2 is 1.95 bits per heavy atom. The number of carbonyl (C=O) groups is 1. The Balaban J connectivity index is 2.35. The van der Waals surface area contributed by atoms with Crippen molar-refractivity contribution < 1.29 is 14.5 Å². The normalized spacial score (nSPS) is 10.2. The molecule has 2 aromatic rings. The Bertz CT molecular complexity index is 700. The molecule has 2 aromatic carbocycles. The lowest BCUT2D eigenvalue weighted by atomic mass is 10.1. The lowest BCUT2D eigenvalue weighted by molar-refractivity contribution is -0.384. The van der Waals surface area contributed by atoms with Gasteiger partial charge in [0.05, 0.1) is 15.5 Å². The Labute approximate surface area is 126 Å². The fourth-order valence-electron chi connectivity index (χ4n) is 1.78. The highest BCUT2D eigenvalue weighted by atomic mass is 35.5. The van der Waals surface area contributed by atoms with Crippen LogP contribution in [0, 0.1) is 10.1 Å². The third kappa shape index (κ3) is 3.38. The molecule has 0 spiro atoms. The van der Waals surface area contributed by atoms with Gasteiger partial charge in [0, 0.05) is 18.6 Å². The van der Waals surface area contributed by atoms with Crippen molar-refractivity contribution in [3.05, 3.63) is 63.2 Å². The number of carbonyl (C=O) groups excluding carboxylic acids is 1. The van der Waals surface area contributed by atoms with Gasteiger partial charge < -0.3 is 4.74 Å². The fourth-order valence-corrected chi connectivity index (χ4v) is 1.99. The summed E-state index contributed by atoms with van der Waals surface area (Å²) in [7, 11) is 0. The number of hydrogen-bond donors (Lipinski definition) is 0. The zero-order valence-electron chi connectivity index (χ0n) is 11.2. The molecule has 0 aromatic heterocycles. The van der Waals surface area contributed by atoms with Gasteiger partial charge in [-0.1, -0.05) is 30.7 Å². The van der Waals surface area contributed by atoms with Crippen LogP contribution in [-0.4, -0.2) is 10.7 Å². The minimum Gasteiger partial charge on any atom is -0.455 e. The van der Waals surface area contributed by atoms with E-state index in [0.29, 0.717) is 17.7 Å². The first kappa shape index (κ1) is 15.0. The second kappa shape index (κ2) is 6.37. The average molecular weight is 306 g/mol. The van der Waals surface area contributed by atoms with E-state index in [1.54, 1.807) is 31.2 Å². The summed E-state index contributed by atoms with van der Waals surface area (Å²) in [6, 6.07) is 10.7. The largest absolute Gasteiger partial charge is 0.455 e. The smallest absolute Gasteiger partial charge is 0.271 e. The van der Waals surface area contributed by atoms with Crippen LogP contribution in [-0.2, 0) is 0 Å². The molecule has 0 aliphatic carbocycles. The summed E-state index contributed by atoms with van der Waals surface area (Å²) in [5, 5.41) is 10.8. The Kier molecular flexibility index (Phi) is 4.55. The quantitative estimate of drug-likeness (QED) is 0.458. The van der Waals surface area contributed by atoms with E-state index >= 15 is 0 Å². The maximum Gasteiger partial charge on any atom is 0.271 e. The molecule has 6 heteroatoms. The van der Waals surface area contributed by atoms with Crippen LogP contribution in [0.2, 0.25) is 5.02 Å². The van der Waals surface area contributed by atoms with Crippen LogP contribution < -0.4 is 4.74 Å². The maximum atomic E-state index is 11.9. The minimum atomic E-state index is -0.537. The van der Waals surface area contributed by atoms with Gasteiger partial charge in [-0.15, -0.1) is 0 Å². The topological polar surface area (TPSA) is 69.4 Å². The number of hydrogen-bond acceptors (Lipinski definition) is 4. The van der Waals surface area contributed by atoms with Gasteiger partial charge in [-0.25, -0.2) is 0 Å². The summed E-state index contributed by atoms with van der Waals surface area (Å²) in [5.41, 5.74) is 0.333. The molecule has 21 heavy (non-hydrogen) atoms. The molecule has 0 amide bonds. The fraction of sp³-hybridized carbons (Fsp3) is 0.133. The van der Waals surface area contributed by atoms with Gasteiger partial charge in [-0.2, -0.15) is 0 Å². The standard InChI is InChI=1S/C15H12ClNO4/c1-2-13(18)11-5-3-4-6-14(11)21-15-8-7-10(17(19)20)9-12(15)16/h3-9H,2H2,1H3. The lowest BCUT2D eigenvalue weighted by Crippen LogP contribution is -2.00. The van der Waals surface area contributed by atoms with Gasteiger partial charge in [-0.3, -0.25) is 14.9 Å². The Hall–Kier alpha value is -2.40. The summed E-state index contributed by atoms with van der Waals surface area (Å²) in [6.45, 7) is 1.76. The van der Waals surface area contributed by atoms with Gasteiger partial charge in [0.15, 0.2) is 5.78 Å². The summed E-state index contributed by atoms with van der Waals surface area (Å²) in [4.78, 5) is 22.0. The highest BCUT2D eigenvalue weighted by molar-refractivity contribution is 6.32. The van der Waals surface area contributed by atoms with Crippen LogP contribution >= 0.6 is 11.6 Å². The first-order valence-corrected chi connectivity index (χ1v) is 6.64. The van der Waals surface area contributed by atoms with Crippen LogP contribution in [0.3, 0.4) is 0 Å². The second-order valence-corrected chi connectivity index (χ2v) is 4.65. The molecule has 0 radical (unpaired) electrons. The maximum absolute atomic E-state index is 11.9. The number of nitro groups is 1. The van der Waals surface area contributed by atoms with Crippen molar-refractivity contribution in [1.82, 2.24) is 0 Å². The van der Waals surface area contributed by atoms with E-state index in [1.165, 1.54) is 18.2 Å². The molecule has 0 N–H and O–H groups in total. The summed E-state index contributed by atoms with van der Waals surface area (Å²) in [6.07, 6.45) is 0.356. The number of nitro benzene ring substituents is 1. The number of benzene rings is 2. The molecule has 0 bridgehead atoms. The van der Waals surface area contributed by atoms with Crippen LogP contribution in [0.5, 0.6) is 11.5 Å². The SMILES string of the molecule is CCC(=O)c1ccccc1Oc1ccc([N+](=O)[O-])cc1Cl. The molecule has 0 heterocycles.